The first-order chi connectivity index (χ1) is 25.6. The predicted octanol–water partition coefficient (Wildman–Crippen LogP) is 0.206. The Labute approximate surface area is 320 Å². The van der Waals surface area contributed by atoms with Crippen LogP contribution in [0.4, 0.5) is 0 Å². The highest BCUT2D eigenvalue weighted by atomic mass is 16.4. The zero-order valence-corrected chi connectivity index (χ0v) is 32.9. The Morgan fingerprint density at radius 2 is 0.981 bits per heavy atom. The summed E-state index contributed by atoms with van der Waals surface area (Å²) in [5, 5.41) is 50.9. The molecule has 0 aliphatic rings. The number of nitrogens with two attached hydrogens (primary N) is 2. The molecular weight excluding hydrogens is 702 g/mol. The Kier molecular flexibility index (Phi) is 28.0. The van der Waals surface area contributed by atoms with Crippen LogP contribution in [-0.4, -0.2) is 118 Å². The highest BCUT2D eigenvalue weighted by molar-refractivity contribution is 5.96. The molecule has 0 aliphatic carbocycles. The van der Waals surface area contributed by atoms with Gasteiger partial charge in [0, 0.05) is 12.5 Å². The number of aliphatic carboxylic acids is 1. The summed E-state index contributed by atoms with van der Waals surface area (Å²) in [5.74, 6) is -5.76. The normalized spacial score (nSPS) is 15.7. The third-order valence-electron chi connectivity index (χ3n) is 9.13. The first-order valence-corrected chi connectivity index (χ1v) is 19.8. The minimum absolute atomic E-state index is 0.222. The maximum absolute atomic E-state index is 13.4. The van der Waals surface area contributed by atoms with Gasteiger partial charge in [0.25, 0.3) is 0 Å². The van der Waals surface area contributed by atoms with E-state index in [1.165, 1.54) is 78.6 Å². The molecule has 5 amide bonds. The molecule has 13 N–H and O–H groups in total. The van der Waals surface area contributed by atoms with Gasteiger partial charge in [0.15, 0.2) is 0 Å². The van der Waals surface area contributed by atoms with Crippen LogP contribution in [0.3, 0.4) is 0 Å². The lowest BCUT2D eigenvalue weighted by molar-refractivity contribution is -0.143. The molecule has 0 aromatic heterocycles. The second kappa shape index (κ2) is 29.9. The Bertz CT molecular complexity index is 1110. The third-order valence-corrected chi connectivity index (χ3v) is 9.13. The maximum atomic E-state index is 13.4. The van der Waals surface area contributed by atoms with Crippen molar-refractivity contribution in [1.29, 1.82) is 0 Å². The van der Waals surface area contributed by atoms with Crippen molar-refractivity contribution in [1.82, 2.24) is 26.6 Å². The van der Waals surface area contributed by atoms with Crippen LogP contribution in [0.2, 0.25) is 0 Å². The van der Waals surface area contributed by atoms with Crippen LogP contribution in [0.15, 0.2) is 0 Å². The van der Waals surface area contributed by atoms with Gasteiger partial charge in [-0.15, -0.1) is 0 Å². The molecule has 0 aromatic rings. The summed E-state index contributed by atoms with van der Waals surface area (Å²) in [6.45, 7) is 5.41. The highest BCUT2D eigenvalue weighted by Gasteiger charge is 2.36. The summed E-state index contributed by atoms with van der Waals surface area (Å²) in [4.78, 5) is 76.6. The topological polar surface area (TPSA) is 296 Å². The zero-order chi connectivity index (χ0) is 41.1. The number of hydrogen-bond acceptors (Lipinski definition) is 11. The van der Waals surface area contributed by atoms with Crippen molar-refractivity contribution in [2.75, 3.05) is 13.2 Å². The molecule has 0 aromatic carbocycles. The van der Waals surface area contributed by atoms with Gasteiger partial charge in [-0.05, 0) is 53.0 Å². The number of aliphatic hydroxyl groups excluding tert-OH is 3. The molecule has 0 fully saturated rings. The first-order valence-electron chi connectivity index (χ1n) is 19.8. The van der Waals surface area contributed by atoms with Gasteiger partial charge in [0.2, 0.25) is 29.5 Å². The van der Waals surface area contributed by atoms with Crippen molar-refractivity contribution in [3.8, 4) is 0 Å². The van der Waals surface area contributed by atoms with Gasteiger partial charge in [0.05, 0.1) is 18.8 Å². The Hall–Kier alpha value is -3.38. The molecule has 0 saturated carbocycles. The summed E-state index contributed by atoms with van der Waals surface area (Å²) >= 11 is 0. The SMILES string of the molecule is CCCCCCCCCCCCCCCC(=O)N[C@@H](CCCCN)C(=O)N[C@H](C(=O)N[C@H](C(=O)N[C@H](C(=O)N[C@@H](CO)C(=O)O)C(C)N)[C@@H](C)O)[C@@H](C)O. The number of aliphatic hydroxyl groups is 3. The summed E-state index contributed by atoms with van der Waals surface area (Å²) in [7, 11) is 0. The zero-order valence-electron chi connectivity index (χ0n) is 32.9. The van der Waals surface area contributed by atoms with E-state index in [0.717, 1.165) is 19.3 Å². The second-order valence-corrected chi connectivity index (χ2v) is 14.3. The van der Waals surface area contributed by atoms with Gasteiger partial charge in [-0.25, -0.2) is 4.79 Å². The molecule has 17 heteroatoms. The number of hydrogen-bond donors (Lipinski definition) is 11. The summed E-state index contributed by atoms with van der Waals surface area (Å²) < 4.78 is 0. The van der Waals surface area contributed by atoms with Crippen molar-refractivity contribution in [3.63, 3.8) is 0 Å². The molecule has 8 atom stereocenters. The summed E-state index contributed by atoms with van der Waals surface area (Å²) in [6, 6.07) is -8.65. The van der Waals surface area contributed by atoms with Crippen molar-refractivity contribution in [2.24, 2.45) is 11.5 Å². The Morgan fingerprint density at radius 3 is 1.39 bits per heavy atom. The van der Waals surface area contributed by atoms with Gasteiger partial charge < -0.3 is 58.5 Å². The van der Waals surface area contributed by atoms with Crippen molar-refractivity contribution < 1.29 is 49.2 Å². The lowest BCUT2D eigenvalue weighted by Gasteiger charge is -2.29. The predicted molar refractivity (Wildman–Crippen MR) is 205 cm³/mol. The van der Waals surface area contributed by atoms with E-state index < -0.39 is 84.7 Å². The molecule has 0 rings (SSSR count). The third kappa shape index (κ3) is 22.1. The molecule has 0 spiro atoms. The standard InChI is InChI=1S/C37H71N7O10/c1-5-6-7-8-9-10-11-12-13-14-15-16-17-21-29(48)40-27(20-18-19-22-38)33(49)43-31(25(3)46)36(52)44-32(26(4)47)35(51)42-30(24(2)39)34(50)41-28(23-45)37(53)54/h24-28,30-32,45-47H,5-23,38-39H2,1-4H3,(H,40,48)(H,41,50)(H,42,51)(H,43,49)(H,44,52)(H,53,54)/t24?,25-,26-,27+,28+,30+,31+,32+/m1/s1. The van der Waals surface area contributed by atoms with Gasteiger partial charge in [-0.1, -0.05) is 84.0 Å². The number of carboxylic acid groups (broad SMARTS) is 1. The van der Waals surface area contributed by atoms with Gasteiger partial charge >= 0.3 is 5.97 Å². The van der Waals surface area contributed by atoms with Gasteiger partial charge in [-0.3, -0.25) is 24.0 Å². The van der Waals surface area contributed by atoms with E-state index in [1.54, 1.807) is 0 Å². The monoisotopic (exact) mass is 774 g/mol. The molecule has 0 aliphatic heterocycles. The number of amides is 5. The molecule has 0 bridgehead atoms. The largest absolute Gasteiger partial charge is 0.480 e. The number of rotatable bonds is 32. The number of nitrogens with one attached hydrogen (secondary N) is 5. The average Bonchev–Trinajstić information content (AvgIpc) is 3.11. The quantitative estimate of drug-likeness (QED) is 0.0409. The minimum atomic E-state index is -1.71. The van der Waals surface area contributed by atoms with Crippen molar-refractivity contribution in [2.45, 2.75) is 185 Å². The molecule has 1 unspecified atom stereocenters. The Balaban J connectivity index is 5.29. The van der Waals surface area contributed by atoms with E-state index in [0.29, 0.717) is 25.8 Å². The summed E-state index contributed by atoms with van der Waals surface area (Å²) in [6.07, 6.45) is 13.7. The molecule has 0 radical (unpaired) electrons. The van der Waals surface area contributed by atoms with E-state index in [4.69, 9.17) is 16.6 Å². The van der Waals surface area contributed by atoms with Gasteiger partial charge in [-0.2, -0.15) is 0 Å². The lowest BCUT2D eigenvalue weighted by atomic mass is 10.0. The summed E-state index contributed by atoms with van der Waals surface area (Å²) in [5.41, 5.74) is 11.5. The van der Waals surface area contributed by atoms with E-state index >= 15 is 0 Å². The fraction of sp³-hybridized carbons (Fsp3) is 0.838. The number of carboxylic acids is 1. The van der Waals surface area contributed by atoms with E-state index in [1.807, 2.05) is 5.32 Å². The fourth-order valence-corrected chi connectivity index (χ4v) is 5.76. The second-order valence-electron chi connectivity index (χ2n) is 14.3. The lowest BCUT2D eigenvalue weighted by Crippen LogP contribution is -2.64. The van der Waals surface area contributed by atoms with Gasteiger partial charge in [0.1, 0.15) is 30.2 Å². The van der Waals surface area contributed by atoms with Crippen LogP contribution in [0.1, 0.15) is 137 Å². The van der Waals surface area contributed by atoms with Crippen LogP contribution >= 0.6 is 0 Å². The molecule has 54 heavy (non-hydrogen) atoms. The van der Waals surface area contributed by atoms with Crippen LogP contribution in [0.5, 0.6) is 0 Å². The smallest absolute Gasteiger partial charge is 0.328 e. The molecule has 314 valence electrons. The number of carbonyl (C=O) groups excluding carboxylic acids is 5. The highest BCUT2D eigenvalue weighted by Crippen LogP contribution is 2.13. The van der Waals surface area contributed by atoms with Crippen molar-refractivity contribution >= 4 is 35.5 Å². The fourth-order valence-electron chi connectivity index (χ4n) is 5.76. The number of carbonyl (C=O) groups is 6. The van der Waals surface area contributed by atoms with E-state index in [2.05, 4.69) is 28.2 Å². The first kappa shape index (κ1) is 50.6. The van der Waals surface area contributed by atoms with Crippen molar-refractivity contribution in [3.05, 3.63) is 0 Å². The van der Waals surface area contributed by atoms with Crippen LogP contribution in [0, 0.1) is 0 Å². The van der Waals surface area contributed by atoms with Crippen LogP contribution in [0.25, 0.3) is 0 Å². The molecular formula is C37H71N7O10. The maximum Gasteiger partial charge on any atom is 0.328 e. The molecule has 0 heterocycles. The average molecular weight is 774 g/mol. The van der Waals surface area contributed by atoms with E-state index in [-0.39, 0.29) is 18.7 Å². The van der Waals surface area contributed by atoms with E-state index in [9.17, 15) is 44.1 Å². The molecule has 0 saturated heterocycles. The van der Waals surface area contributed by atoms with Crippen LogP contribution in [-0.2, 0) is 28.8 Å². The minimum Gasteiger partial charge on any atom is -0.480 e. The number of unbranched alkanes of at least 4 members (excludes halogenated alkanes) is 13. The Morgan fingerprint density at radius 1 is 0.556 bits per heavy atom. The molecule has 17 nitrogen and oxygen atoms in total. The van der Waals surface area contributed by atoms with Crippen LogP contribution < -0.4 is 38.1 Å².